The van der Waals surface area contributed by atoms with E-state index in [1.54, 1.807) is 0 Å². The Labute approximate surface area is 92.1 Å². The maximum atomic E-state index is 4.13. The molecule has 0 spiro atoms. The van der Waals surface area contributed by atoms with Crippen LogP contribution in [0.25, 0.3) is 0 Å². The zero-order valence-corrected chi connectivity index (χ0v) is 9.95. The van der Waals surface area contributed by atoms with Crippen molar-refractivity contribution in [3.63, 3.8) is 0 Å². The Morgan fingerprint density at radius 1 is 1.53 bits per heavy atom. The Bertz CT molecular complexity index is 269. The maximum Gasteiger partial charge on any atom is 0.0518 e. The van der Waals surface area contributed by atoms with Crippen molar-refractivity contribution in [1.82, 2.24) is 20.4 Å². The first-order valence-corrected chi connectivity index (χ1v) is 5.65. The van der Waals surface area contributed by atoms with Crippen molar-refractivity contribution in [1.29, 1.82) is 0 Å². The molecular weight excluding hydrogens is 188 g/mol. The van der Waals surface area contributed by atoms with Gasteiger partial charge in [0.05, 0.1) is 5.69 Å². The minimum atomic E-state index is 0.492. The molecular formula is C11H22N4. The fourth-order valence-corrected chi connectivity index (χ4v) is 1.42. The van der Waals surface area contributed by atoms with E-state index in [2.05, 4.69) is 29.6 Å². The fourth-order valence-electron chi connectivity index (χ4n) is 1.42. The second kappa shape index (κ2) is 6.58. The summed E-state index contributed by atoms with van der Waals surface area (Å²) in [6.07, 6.45) is 3.02. The van der Waals surface area contributed by atoms with Crippen molar-refractivity contribution in [3.8, 4) is 0 Å². The van der Waals surface area contributed by atoms with Crippen LogP contribution >= 0.6 is 0 Å². The van der Waals surface area contributed by atoms with Crippen LogP contribution in [0, 0.1) is 0 Å². The molecule has 1 rings (SSSR count). The van der Waals surface area contributed by atoms with E-state index < -0.39 is 0 Å². The van der Waals surface area contributed by atoms with E-state index in [1.807, 2.05) is 24.0 Å². The Balaban J connectivity index is 2.16. The number of rotatable bonds is 7. The summed E-state index contributed by atoms with van der Waals surface area (Å²) in [5, 5.41) is 11.0. The predicted molar refractivity (Wildman–Crippen MR) is 62.7 cm³/mol. The normalized spacial score (nSPS) is 13.0. The molecule has 0 bridgehead atoms. The first kappa shape index (κ1) is 12.2. The lowest BCUT2D eigenvalue weighted by molar-refractivity contribution is 0.490. The Hall–Kier alpha value is -0.870. The predicted octanol–water partition coefficient (Wildman–Crippen LogP) is 0.898. The molecule has 15 heavy (non-hydrogen) atoms. The number of nitrogens with one attached hydrogen (secondary N) is 2. The molecule has 0 fully saturated rings. The maximum absolute atomic E-state index is 4.13. The highest BCUT2D eigenvalue weighted by atomic mass is 15.3. The lowest BCUT2D eigenvalue weighted by Crippen LogP contribution is -2.36. The van der Waals surface area contributed by atoms with Gasteiger partial charge >= 0.3 is 0 Å². The standard InChI is InChI=1S/C11H22N4/c1-4-6-12-8-10(2)13-9-11-5-7-14-15(11)3/h5,7,10,12-13H,4,6,8-9H2,1-3H3. The van der Waals surface area contributed by atoms with Crippen LogP contribution in [0.15, 0.2) is 12.3 Å². The summed E-state index contributed by atoms with van der Waals surface area (Å²) < 4.78 is 1.90. The molecule has 4 nitrogen and oxygen atoms in total. The summed E-state index contributed by atoms with van der Waals surface area (Å²) in [6.45, 7) is 7.37. The first-order chi connectivity index (χ1) is 7.24. The molecule has 0 aliphatic carbocycles. The summed E-state index contributed by atoms with van der Waals surface area (Å²) in [7, 11) is 1.97. The molecule has 1 aromatic rings. The topological polar surface area (TPSA) is 41.9 Å². The van der Waals surface area contributed by atoms with Gasteiger partial charge in [-0.15, -0.1) is 0 Å². The van der Waals surface area contributed by atoms with Crippen molar-refractivity contribution < 1.29 is 0 Å². The van der Waals surface area contributed by atoms with E-state index >= 15 is 0 Å². The molecule has 4 heteroatoms. The van der Waals surface area contributed by atoms with Crippen LogP contribution in [0.2, 0.25) is 0 Å². The van der Waals surface area contributed by atoms with E-state index in [1.165, 1.54) is 12.1 Å². The average Bonchev–Trinajstić information content (AvgIpc) is 2.61. The van der Waals surface area contributed by atoms with Gasteiger partial charge in [0.15, 0.2) is 0 Å². The van der Waals surface area contributed by atoms with Gasteiger partial charge in [0, 0.05) is 32.4 Å². The van der Waals surface area contributed by atoms with Crippen LogP contribution in [-0.2, 0) is 13.6 Å². The van der Waals surface area contributed by atoms with E-state index in [-0.39, 0.29) is 0 Å². The molecule has 0 aliphatic heterocycles. The minimum absolute atomic E-state index is 0.492. The number of aromatic nitrogens is 2. The van der Waals surface area contributed by atoms with Gasteiger partial charge in [0.25, 0.3) is 0 Å². The summed E-state index contributed by atoms with van der Waals surface area (Å²) in [6, 6.07) is 2.53. The molecule has 1 atom stereocenters. The summed E-state index contributed by atoms with van der Waals surface area (Å²) in [4.78, 5) is 0. The zero-order valence-electron chi connectivity index (χ0n) is 9.95. The monoisotopic (exact) mass is 210 g/mol. The van der Waals surface area contributed by atoms with Gasteiger partial charge < -0.3 is 10.6 Å². The third kappa shape index (κ3) is 4.44. The van der Waals surface area contributed by atoms with Gasteiger partial charge in [-0.3, -0.25) is 4.68 Å². The fraction of sp³-hybridized carbons (Fsp3) is 0.727. The highest BCUT2D eigenvalue weighted by molar-refractivity contribution is 4.99. The Kier molecular flexibility index (Phi) is 5.36. The molecule has 1 heterocycles. The van der Waals surface area contributed by atoms with Crippen molar-refractivity contribution in [2.24, 2.45) is 7.05 Å². The van der Waals surface area contributed by atoms with Gasteiger partial charge in [-0.1, -0.05) is 6.92 Å². The summed E-state index contributed by atoms with van der Waals surface area (Å²) >= 11 is 0. The second-order valence-electron chi connectivity index (χ2n) is 3.93. The molecule has 2 N–H and O–H groups in total. The minimum Gasteiger partial charge on any atom is -0.315 e. The third-order valence-corrected chi connectivity index (χ3v) is 2.43. The van der Waals surface area contributed by atoms with Crippen molar-refractivity contribution in [2.75, 3.05) is 13.1 Å². The van der Waals surface area contributed by atoms with Crippen LogP contribution in [0.1, 0.15) is 26.0 Å². The van der Waals surface area contributed by atoms with Gasteiger partial charge in [-0.25, -0.2) is 0 Å². The van der Waals surface area contributed by atoms with Crippen molar-refractivity contribution in [2.45, 2.75) is 32.9 Å². The highest BCUT2D eigenvalue weighted by Gasteiger charge is 2.02. The Morgan fingerprint density at radius 3 is 2.93 bits per heavy atom. The molecule has 1 unspecified atom stereocenters. The molecule has 0 aliphatic rings. The molecule has 0 aromatic carbocycles. The summed E-state index contributed by atoms with van der Waals surface area (Å²) in [5.74, 6) is 0. The number of aryl methyl sites for hydroxylation is 1. The lowest BCUT2D eigenvalue weighted by atomic mass is 10.3. The lowest BCUT2D eigenvalue weighted by Gasteiger charge is -2.14. The van der Waals surface area contributed by atoms with Crippen LogP contribution in [-0.4, -0.2) is 28.9 Å². The molecule has 0 saturated carbocycles. The molecule has 0 saturated heterocycles. The van der Waals surface area contributed by atoms with Gasteiger partial charge in [-0.2, -0.15) is 5.10 Å². The Morgan fingerprint density at radius 2 is 2.33 bits per heavy atom. The van der Waals surface area contributed by atoms with E-state index in [4.69, 9.17) is 0 Å². The van der Waals surface area contributed by atoms with E-state index in [9.17, 15) is 0 Å². The number of hydrogen-bond donors (Lipinski definition) is 2. The quantitative estimate of drug-likeness (QED) is 0.657. The van der Waals surface area contributed by atoms with Gasteiger partial charge in [0.2, 0.25) is 0 Å². The van der Waals surface area contributed by atoms with Crippen molar-refractivity contribution in [3.05, 3.63) is 18.0 Å². The number of nitrogens with zero attached hydrogens (tertiary/aromatic N) is 2. The molecule has 0 radical (unpaired) electrons. The molecule has 86 valence electrons. The molecule has 0 amide bonds. The van der Waals surface area contributed by atoms with E-state index in [0.29, 0.717) is 6.04 Å². The smallest absolute Gasteiger partial charge is 0.0518 e. The molecule has 1 aromatic heterocycles. The van der Waals surface area contributed by atoms with Crippen LogP contribution in [0.4, 0.5) is 0 Å². The average molecular weight is 210 g/mol. The van der Waals surface area contributed by atoms with Crippen molar-refractivity contribution >= 4 is 0 Å². The number of hydrogen-bond acceptors (Lipinski definition) is 3. The largest absolute Gasteiger partial charge is 0.315 e. The zero-order chi connectivity index (χ0) is 11.1. The van der Waals surface area contributed by atoms with Crippen LogP contribution in [0.5, 0.6) is 0 Å². The summed E-state index contributed by atoms with van der Waals surface area (Å²) in [5.41, 5.74) is 1.22. The SMILES string of the molecule is CCCNCC(C)NCc1ccnn1C. The van der Waals surface area contributed by atoms with Gasteiger partial charge in [-0.05, 0) is 26.0 Å². The van der Waals surface area contributed by atoms with Crippen LogP contribution in [0.3, 0.4) is 0 Å². The third-order valence-electron chi connectivity index (χ3n) is 2.43. The first-order valence-electron chi connectivity index (χ1n) is 5.65. The van der Waals surface area contributed by atoms with E-state index in [0.717, 1.165) is 19.6 Å². The van der Waals surface area contributed by atoms with Gasteiger partial charge in [0.1, 0.15) is 0 Å². The second-order valence-corrected chi connectivity index (χ2v) is 3.93. The highest BCUT2D eigenvalue weighted by Crippen LogP contribution is 1.95. The van der Waals surface area contributed by atoms with Crippen LogP contribution < -0.4 is 10.6 Å².